The number of aromatic amines is 1. The Morgan fingerprint density at radius 3 is 2.51 bits per heavy atom. The standard InChI is InChI=1S/C28H28N2O7/c1-15-10-22(31)26(33)28(37-15)19(16-11-23(35-2)27(34)24(12-16)36-3)13-25(32)30-9-8-18-17-6-4-5-7-20(17)29-21(18)14-30/h4-7,10-12,19,29,33-34H,8-9,13-14H2,1-3H3/t19-/m1/s1. The van der Waals surface area contributed by atoms with Crippen molar-refractivity contribution in [3.8, 4) is 23.0 Å². The highest BCUT2D eigenvalue weighted by Crippen LogP contribution is 2.43. The van der Waals surface area contributed by atoms with Crippen LogP contribution in [0.3, 0.4) is 0 Å². The fraction of sp³-hybridized carbons (Fsp3) is 0.286. The smallest absolute Gasteiger partial charge is 0.227 e. The molecule has 0 saturated heterocycles. The Bertz CT molecular complexity index is 1530. The van der Waals surface area contributed by atoms with Gasteiger partial charge in [0.1, 0.15) is 5.76 Å². The zero-order valence-electron chi connectivity index (χ0n) is 20.8. The summed E-state index contributed by atoms with van der Waals surface area (Å²) in [6, 6.07) is 12.3. The average Bonchev–Trinajstić information content (AvgIpc) is 3.27. The van der Waals surface area contributed by atoms with Gasteiger partial charge in [0.25, 0.3) is 0 Å². The van der Waals surface area contributed by atoms with Crippen LogP contribution in [-0.4, -0.2) is 46.8 Å². The number of hydrogen-bond acceptors (Lipinski definition) is 7. The number of nitrogens with zero attached hydrogens (tertiary/aromatic N) is 1. The molecule has 5 rings (SSSR count). The summed E-state index contributed by atoms with van der Waals surface area (Å²) in [5.74, 6) is -1.26. The molecule has 1 atom stereocenters. The van der Waals surface area contributed by atoms with Crippen LogP contribution in [0.1, 0.15) is 40.7 Å². The van der Waals surface area contributed by atoms with E-state index in [0.29, 0.717) is 30.8 Å². The number of aryl methyl sites for hydroxylation is 1. The molecule has 9 nitrogen and oxygen atoms in total. The van der Waals surface area contributed by atoms with E-state index in [2.05, 4.69) is 11.1 Å². The van der Waals surface area contributed by atoms with Gasteiger partial charge in [0.15, 0.2) is 17.3 Å². The predicted octanol–water partition coefficient (Wildman–Crippen LogP) is 3.96. The maximum absolute atomic E-state index is 13.6. The van der Waals surface area contributed by atoms with Crippen LogP contribution in [0.25, 0.3) is 10.9 Å². The Hall–Kier alpha value is -4.40. The van der Waals surface area contributed by atoms with E-state index in [1.165, 1.54) is 25.8 Å². The summed E-state index contributed by atoms with van der Waals surface area (Å²) in [4.78, 5) is 31.2. The van der Waals surface area contributed by atoms with Gasteiger partial charge in [-0.1, -0.05) is 18.2 Å². The summed E-state index contributed by atoms with van der Waals surface area (Å²) in [5.41, 5.74) is 3.12. The zero-order chi connectivity index (χ0) is 26.3. The van der Waals surface area contributed by atoms with E-state index in [1.807, 2.05) is 18.2 Å². The van der Waals surface area contributed by atoms with Gasteiger partial charge < -0.3 is 34.0 Å². The first-order valence-corrected chi connectivity index (χ1v) is 12.0. The lowest BCUT2D eigenvalue weighted by Gasteiger charge is -2.29. The number of para-hydroxylation sites is 1. The lowest BCUT2D eigenvalue weighted by molar-refractivity contribution is -0.132. The molecule has 9 heteroatoms. The summed E-state index contributed by atoms with van der Waals surface area (Å²) in [6.07, 6.45) is 0.619. The van der Waals surface area contributed by atoms with Crippen LogP contribution in [0.5, 0.6) is 23.0 Å². The van der Waals surface area contributed by atoms with Crippen LogP contribution in [0.4, 0.5) is 0 Å². The highest BCUT2D eigenvalue weighted by Gasteiger charge is 2.31. The van der Waals surface area contributed by atoms with Crippen molar-refractivity contribution in [3.63, 3.8) is 0 Å². The second kappa shape index (κ2) is 9.57. The van der Waals surface area contributed by atoms with Crippen LogP contribution >= 0.6 is 0 Å². The Balaban J connectivity index is 1.53. The van der Waals surface area contributed by atoms with Crippen molar-refractivity contribution in [1.29, 1.82) is 0 Å². The van der Waals surface area contributed by atoms with Crippen molar-refractivity contribution in [2.75, 3.05) is 20.8 Å². The topological polar surface area (TPSA) is 125 Å². The van der Waals surface area contributed by atoms with Gasteiger partial charge in [-0.05, 0) is 42.7 Å². The minimum Gasteiger partial charge on any atom is -0.502 e. The third-order valence-corrected chi connectivity index (χ3v) is 6.91. The first-order chi connectivity index (χ1) is 17.8. The molecule has 0 fully saturated rings. The van der Waals surface area contributed by atoms with Gasteiger partial charge in [0.2, 0.25) is 22.8 Å². The summed E-state index contributed by atoms with van der Waals surface area (Å²) >= 11 is 0. The maximum atomic E-state index is 13.6. The predicted molar refractivity (Wildman–Crippen MR) is 136 cm³/mol. The molecule has 0 spiro atoms. The van der Waals surface area contributed by atoms with Crippen molar-refractivity contribution < 1.29 is 28.9 Å². The minimum absolute atomic E-state index is 0.0311. The number of phenolic OH excluding ortho intramolecular Hbond substituents is 1. The normalized spacial score (nSPS) is 13.9. The summed E-state index contributed by atoms with van der Waals surface area (Å²) in [6.45, 7) is 2.55. The SMILES string of the molecule is COc1cc([C@@H](CC(=O)N2CCc3c([nH]c4ccccc34)C2)c2oc(C)cc(=O)c2O)cc(OC)c1O. The molecule has 1 aliphatic rings. The monoisotopic (exact) mass is 504 g/mol. The van der Waals surface area contributed by atoms with E-state index in [1.54, 1.807) is 24.0 Å². The molecule has 0 aliphatic carbocycles. The molecular weight excluding hydrogens is 476 g/mol. The Morgan fingerprint density at radius 1 is 1.11 bits per heavy atom. The first kappa shape index (κ1) is 24.3. The number of nitrogens with one attached hydrogen (secondary N) is 1. The van der Waals surface area contributed by atoms with Gasteiger partial charge in [0, 0.05) is 35.6 Å². The molecule has 37 heavy (non-hydrogen) atoms. The van der Waals surface area contributed by atoms with Crippen molar-refractivity contribution in [1.82, 2.24) is 9.88 Å². The molecule has 0 radical (unpaired) electrons. The van der Waals surface area contributed by atoms with Crippen molar-refractivity contribution in [2.45, 2.75) is 32.2 Å². The molecule has 0 bridgehead atoms. The molecule has 192 valence electrons. The number of rotatable bonds is 6. The molecule has 3 heterocycles. The molecular formula is C28H28N2O7. The number of H-pyrrole nitrogens is 1. The third-order valence-electron chi connectivity index (χ3n) is 6.91. The number of hydrogen-bond donors (Lipinski definition) is 3. The number of fused-ring (bicyclic) bond motifs is 3. The molecule has 1 aliphatic heterocycles. The van der Waals surface area contributed by atoms with E-state index >= 15 is 0 Å². The van der Waals surface area contributed by atoms with Crippen molar-refractivity contribution in [3.05, 3.63) is 81.0 Å². The minimum atomic E-state index is -0.840. The van der Waals surface area contributed by atoms with Crippen molar-refractivity contribution in [2.24, 2.45) is 0 Å². The molecule has 1 amide bonds. The fourth-order valence-electron chi connectivity index (χ4n) is 5.05. The molecule has 0 saturated carbocycles. The highest BCUT2D eigenvalue weighted by atomic mass is 16.5. The van der Waals surface area contributed by atoms with E-state index < -0.39 is 17.1 Å². The number of aromatic nitrogens is 1. The second-order valence-corrected chi connectivity index (χ2v) is 9.16. The Kier molecular flexibility index (Phi) is 6.29. The Labute approximate surface area is 212 Å². The number of carbonyl (C=O) groups excluding carboxylic acids is 1. The van der Waals surface area contributed by atoms with Gasteiger partial charge in [-0.3, -0.25) is 9.59 Å². The largest absolute Gasteiger partial charge is 0.502 e. The van der Waals surface area contributed by atoms with Gasteiger partial charge in [-0.2, -0.15) is 0 Å². The van der Waals surface area contributed by atoms with Gasteiger partial charge in [-0.15, -0.1) is 0 Å². The van der Waals surface area contributed by atoms with Gasteiger partial charge in [0.05, 0.1) is 26.7 Å². The first-order valence-electron chi connectivity index (χ1n) is 12.0. The Morgan fingerprint density at radius 2 is 1.81 bits per heavy atom. The summed E-state index contributed by atoms with van der Waals surface area (Å²) in [7, 11) is 2.79. The molecule has 4 aromatic rings. The number of methoxy groups -OCH3 is 2. The van der Waals surface area contributed by atoms with Crippen LogP contribution in [0, 0.1) is 6.92 Å². The van der Waals surface area contributed by atoms with E-state index in [-0.39, 0.29) is 35.3 Å². The molecule has 3 N–H and O–H groups in total. The number of carbonyl (C=O) groups is 1. The van der Waals surface area contributed by atoms with Crippen LogP contribution in [-0.2, 0) is 17.8 Å². The average molecular weight is 505 g/mol. The lowest BCUT2D eigenvalue weighted by atomic mass is 9.90. The second-order valence-electron chi connectivity index (χ2n) is 9.16. The van der Waals surface area contributed by atoms with Crippen LogP contribution in [0.2, 0.25) is 0 Å². The lowest BCUT2D eigenvalue weighted by Crippen LogP contribution is -2.36. The third kappa shape index (κ3) is 4.37. The van der Waals surface area contributed by atoms with Crippen LogP contribution < -0.4 is 14.9 Å². The van der Waals surface area contributed by atoms with Crippen LogP contribution in [0.15, 0.2) is 51.7 Å². The highest BCUT2D eigenvalue weighted by molar-refractivity contribution is 5.86. The number of amides is 1. The zero-order valence-corrected chi connectivity index (χ0v) is 20.8. The van der Waals surface area contributed by atoms with Crippen molar-refractivity contribution >= 4 is 16.8 Å². The van der Waals surface area contributed by atoms with E-state index in [4.69, 9.17) is 13.9 Å². The van der Waals surface area contributed by atoms with E-state index in [9.17, 15) is 19.8 Å². The number of ether oxygens (including phenoxy) is 2. The van der Waals surface area contributed by atoms with Gasteiger partial charge in [-0.25, -0.2) is 0 Å². The summed E-state index contributed by atoms with van der Waals surface area (Å²) < 4.78 is 16.4. The van der Waals surface area contributed by atoms with Gasteiger partial charge >= 0.3 is 0 Å². The van der Waals surface area contributed by atoms with E-state index in [0.717, 1.165) is 16.6 Å². The number of phenols is 1. The number of benzene rings is 2. The fourth-order valence-corrected chi connectivity index (χ4v) is 5.05. The quantitative estimate of drug-likeness (QED) is 0.363. The summed E-state index contributed by atoms with van der Waals surface area (Å²) in [5, 5.41) is 22.2. The molecule has 2 aromatic carbocycles. The maximum Gasteiger partial charge on any atom is 0.227 e. The number of aromatic hydroxyl groups is 2. The molecule has 0 unspecified atom stereocenters. The molecule has 2 aromatic heterocycles.